The zero-order chi connectivity index (χ0) is 16.1. The van der Waals surface area contributed by atoms with Crippen molar-refractivity contribution in [1.82, 2.24) is 14.7 Å². The Morgan fingerprint density at radius 3 is 2.73 bits per heavy atom. The molecule has 1 aliphatic carbocycles. The van der Waals surface area contributed by atoms with Crippen molar-refractivity contribution in [2.45, 2.75) is 46.6 Å². The summed E-state index contributed by atoms with van der Waals surface area (Å²) in [7, 11) is 1.93. The van der Waals surface area contributed by atoms with Crippen molar-refractivity contribution in [3.05, 3.63) is 29.6 Å². The zero-order valence-electron chi connectivity index (χ0n) is 14.3. The van der Waals surface area contributed by atoms with Gasteiger partial charge in [-0.3, -0.25) is 9.48 Å². The molecule has 120 valence electrons. The predicted molar refractivity (Wildman–Crippen MR) is 87.1 cm³/mol. The van der Waals surface area contributed by atoms with E-state index >= 15 is 0 Å². The van der Waals surface area contributed by atoms with E-state index in [-0.39, 0.29) is 17.4 Å². The van der Waals surface area contributed by atoms with Crippen LogP contribution in [0.15, 0.2) is 24.0 Å². The minimum Gasteiger partial charge on any atom is -0.335 e. The maximum absolute atomic E-state index is 13.1. The van der Waals surface area contributed by atoms with E-state index in [1.807, 2.05) is 24.1 Å². The first kappa shape index (κ1) is 15.3. The smallest absolute Gasteiger partial charge is 0.227 e. The van der Waals surface area contributed by atoms with Crippen molar-refractivity contribution >= 4 is 5.91 Å². The summed E-state index contributed by atoms with van der Waals surface area (Å²) in [6.07, 6.45) is 8.37. The van der Waals surface area contributed by atoms with Gasteiger partial charge in [0.1, 0.15) is 0 Å². The van der Waals surface area contributed by atoms with Crippen LogP contribution in [0.25, 0.3) is 0 Å². The number of allylic oxidation sites excluding steroid dienone is 2. The third-order valence-corrected chi connectivity index (χ3v) is 5.34. The quantitative estimate of drug-likeness (QED) is 0.803. The lowest BCUT2D eigenvalue weighted by Gasteiger charge is -2.24. The first-order valence-corrected chi connectivity index (χ1v) is 8.26. The molecule has 3 atom stereocenters. The maximum atomic E-state index is 13.1. The van der Waals surface area contributed by atoms with Gasteiger partial charge in [-0.15, -0.1) is 0 Å². The van der Waals surface area contributed by atoms with Gasteiger partial charge in [0.2, 0.25) is 5.91 Å². The number of hydrogen-bond acceptors (Lipinski definition) is 2. The number of aryl methyl sites for hydroxylation is 1. The van der Waals surface area contributed by atoms with Crippen molar-refractivity contribution in [2.75, 3.05) is 6.54 Å². The highest BCUT2D eigenvalue weighted by atomic mass is 16.2. The molecule has 22 heavy (non-hydrogen) atoms. The lowest BCUT2D eigenvalue weighted by Crippen LogP contribution is -2.33. The Labute approximate surface area is 133 Å². The number of hydrogen-bond donors (Lipinski definition) is 0. The lowest BCUT2D eigenvalue weighted by molar-refractivity contribution is -0.134. The Morgan fingerprint density at radius 2 is 2.14 bits per heavy atom. The minimum absolute atomic E-state index is 0.0937. The summed E-state index contributed by atoms with van der Waals surface area (Å²) < 4.78 is 1.82. The Bertz CT molecular complexity index is 610. The normalized spacial score (nSPS) is 29.5. The molecule has 2 heterocycles. The second kappa shape index (κ2) is 5.25. The molecule has 1 saturated heterocycles. The first-order chi connectivity index (χ1) is 10.3. The largest absolute Gasteiger partial charge is 0.335 e. The monoisotopic (exact) mass is 301 g/mol. The van der Waals surface area contributed by atoms with E-state index in [4.69, 9.17) is 0 Å². The molecule has 2 aliphatic rings. The van der Waals surface area contributed by atoms with Gasteiger partial charge in [-0.1, -0.05) is 25.5 Å². The van der Waals surface area contributed by atoms with E-state index in [1.54, 1.807) is 0 Å². The number of likely N-dealkylation sites (tertiary alicyclic amines) is 1. The van der Waals surface area contributed by atoms with Crippen molar-refractivity contribution in [3.63, 3.8) is 0 Å². The average molecular weight is 301 g/mol. The van der Waals surface area contributed by atoms with Crippen LogP contribution in [0.5, 0.6) is 0 Å². The Kier molecular flexibility index (Phi) is 3.66. The van der Waals surface area contributed by atoms with Gasteiger partial charge in [0.05, 0.1) is 18.2 Å². The van der Waals surface area contributed by atoms with E-state index < -0.39 is 0 Å². The molecule has 1 aromatic rings. The molecule has 0 radical (unpaired) electrons. The number of nitrogens with zero attached hydrogens (tertiary/aromatic N) is 3. The summed E-state index contributed by atoms with van der Waals surface area (Å²) >= 11 is 0. The molecule has 4 nitrogen and oxygen atoms in total. The van der Waals surface area contributed by atoms with E-state index in [9.17, 15) is 4.79 Å². The molecule has 0 N–H and O–H groups in total. The molecule has 0 unspecified atom stereocenters. The molecule has 1 amide bonds. The first-order valence-electron chi connectivity index (χ1n) is 8.26. The van der Waals surface area contributed by atoms with Crippen LogP contribution in [0.3, 0.4) is 0 Å². The van der Waals surface area contributed by atoms with Crippen LogP contribution < -0.4 is 0 Å². The number of aromatic nitrogens is 2. The second-order valence-electron chi connectivity index (χ2n) is 7.71. The Hall–Kier alpha value is -1.58. The molecule has 2 fully saturated rings. The highest BCUT2D eigenvalue weighted by Gasteiger charge is 2.61. The average Bonchev–Trinajstić information content (AvgIpc) is 2.85. The topological polar surface area (TPSA) is 38.1 Å². The zero-order valence-corrected chi connectivity index (χ0v) is 14.3. The van der Waals surface area contributed by atoms with Crippen molar-refractivity contribution in [2.24, 2.45) is 24.3 Å². The van der Waals surface area contributed by atoms with Gasteiger partial charge in [0, 0.05) is 25.4 Å². The standard InChI is InChI=1S/C18H27N3O/c1-12(2)9-14-16(18(14,3)4)17(22)21-8-6-7-15(21)13-10-19-20(5)11-13/h9-11,14-16H,6-8H2,1-5H3/t14-,15-,16-/m1/s1. The van der Waals surface area contributed by atoms with Crippen LogP contribution in [-0.4, -0.2) is 27.1 Å². The second-order valence-corrected chi connectivity index (χ2v) is 7.71. The van der Waals surface area contributed by atoms with Crippen LogP contribution >= 0.6 is 0 Å². The van der Waals surface area contributed by atoms with Gasteiger partial charge < -0.3 is 4.90 Å². The summed E-state index contributed by atoms with van der Waals surface area (Å²) in [5, 5.41) is 4.27. The molecule has 0 aromatic carbocycles. The fraction of sp³-hybridized carbons (Fsp3) is 0.667. The predicted octanol–water partition coefficient (Wildman–Crippen LogP) is 3.32. The molecule has 0 spiro atoms. The van der Waals surface area contributed by atoms with E-state index in [0.717, 1.165) is 19.4 Å². The van der Waals surface area contributed by atoms with Crippen LogP contribution in [0, 0.1) is 17.3 Å². The Morgan fingerprint density at radius 1 is 1.41 bits per heavy atom. The van der Waals surface area contributed by atoms with Crippen molar-refractivity contribution in [1.29, 1.82) is 0 Å². The minimum atomic E-state index is 0.0937. The summed E-state index contributed by atoms with van der Waals surface area (Å²) in [5.41, 5.74) is 2.57. The third-order valence-electron chi connectivity index (χ3n) is 5.34. The number of carbonyl (C=O) groups excluding carboxylic acids is 1. The summed E-state index contributed by atoms with van der Waals surface area (Å²) in [4.78, 5) is 15.2. The van der Waals surface area contributed by atoms with Gasteiger partial charge in [0.25, 0.3) is 0 Å². The summed E-state index contributed by atoms with van der Waals surface area (Å²) in [6.45, 7) is 9.55. The summed E-state index contributed by atoms with van der Waals surface area (Å²) in [6, 6.07) is 0.213. The van der Waals surface area contributed by atoms with Gasteiger partial charge >= 0.3 is 0 Å². The van der Waals surface area contributed by atoms with Gasteiger partial charge in [-0.05, 0) is 38.0 Å². The highest BCUT2D eigenvalue weighted by molar-refractivity contribution is 5.84. The third kappa shape index (κ3) is 2.49. The molecule has 3 rings (SSSR count). The molecule has 1 aromatic heterocycles. The molecular formula is C18H27N3O. The molecule has 1 aliphatic heterocycles. The lowest BCUT2D eigenvalue weighted by atomic mass is 10.1. The molecular weight excluding hydrogens is 274 g/mol. The molecule has 1 saturated carbocycles. The number of carbonyl (C=O) groups is 1. The number of amides is 1. The fourth-order valence-corrected chi connectivity index (χ4v) is 3.99. The van der Waals surface area contributed by atoms with Gasteiger partial charge in [0.15, 0.2) is 0 Å². The van der Waals surface area contributed by atoms with Crippen molar-refractivity contribution in [3.8, 4) is 0 Å². The van der Waals surface area contributed by atoms with Crippen LogP contribution in [0.2, 0.25) is 0 Å². The van der Waals surface area contributed by atoms with E-state index in [1.165, 1.54) is 11.1 Å². The highest BCUT2D eigenvalue weighted by Crippen LogP contribution is 2.60. The van der Waals surface area contributed by atoms with Crippen LogP contribution in [0.4, 0.5) is 0 Å². The fourth-order valence-electron chi connectivity index (χ4n) is 3.99. The van der Waals surface area contributed by atoms with Crippen LogP contribution in [0.1, 0.15) is 52.1 Å². The summed E-state index contributed by atoms with van der Waals surface area (Å²) in [5.74, 6) is 0.860. The maximum Gasteiger partial charge on any atom is 0.227 e. The number of rotatable bonds is 3. The molecule has 4 heteroatoms. The van der Waals surface area contributed by atoms with E-state index in [0.29, 0.717) is 11.8 Å². The van der Waals surface area contributed by atoms with Crippen LogP contribution in [-0.2, 0) is 11.8 Å². The van der Waals surface area contributed by atoms with Gasteiger partial charge in [-0.2, -0.15) is 5.10 Å². The molecule has 0 bridgehead atoms. The van der Waals surface area contributed by atoms with Crippen molar-refractivity contribution < 1.29 is 4.79 Å². The van der Waals surface area contributed by atoms with Gasteiger partial charge in [-0.25, -0.2) is 0 Å². The SMILES string of the molecule is CC(C)=C[C@@H]1[C@H](C(=O)N2CCC[C@@H]2c2cnn(C)c2)C1(C)C. The Balaban J connectivity index is 1.79. The van der Waals surface area contributed by atoms with E-state index in [2.05, 4.69) is 43.8 Å².